The number of aryl methyl sites for hydroxylation is 1. The van der Waals surface area contributed by atoms with Crippen molar-refractivity contribution in [3.05, 3.63) is 23.5 Å². The van der Waals surface area contributed by atoms with Gasteiger partial charge in [0.15, 0.2) is 0 Å². The topological polar surface area (TPSA) is 41.3 Å². The monoisotopic (exact) mass is 251 g/mol. The number of halogens is 1. The third-order valence-corrected chi connectivity index (χ3v) is 3.63. The van der Waals surface area contributed by atoms with Gasteiger partial charge in [-0.2, -0.15) is 0 Å². The first-order valence-electron chi connectivity index (χ1n) is 6.54. The Hall–Kier alpha value is -1.29. The second-order valence-electron chi connectivity index (χ2n) is 5.34. The van der Waals surface area contributed by atoms with Crippen LogP contribution in [-0.4, -0.2) is 31.6 Å². The zero-order valence-electron chi connectivity index (χ0n) is 11.2. The molecule has 1 aromatic rings. The van der Waals surface area contributed by atoms with Gasteiger partial charge in [-0.25, -0.2) is 4.39 Å². The average molecular weight is 251 g/mol. The Balaban J connectivity index is 1.95. The molecule has 18 heavy (non-hydrogen) atoms. The van der Waals surface area contributed by atoms with Gasteiger partial charge in [-0.3, -0.25) is 0 Å². The molecule has 3 nitrogen and oxygen atoms in total. The molecule has 0 aromatic heterocycles. The van der Waals surface area contributed by atoms with Gasteiger partial charge in [-0.1, -0.05) is 0 Å². The minimum atomic E-state index is -0.240. The summed E-state index contributed by atoms with van der Waals surface area (Å²) in [5.41, 5.74) is 7.79. The Morgan fingerprint density at radius 2 is 2.28 bits per heavy atom. The standard InChI is InChI=1S/C14H22FN3/c1-10-6-14(13(16)7-12(10)15)17-8-11-4-3-5-18(2)9-11/h6-7,11,17H,3-5,8-9,16H2,1-2H3. The van der Waals surface area contributed by atoms with E-state index in [2.05, 4.69) is 17.3 Å². The number of nitrogens with two attached hydrogens (primary N) is 1. The van der Waals surface area contributed by atoms with Crippen LogP contribution in [0.2, 0.25) is 0 Å². The van der Waals surface area contributed by atoms with Gasteiger partial charge in [-0.05, 0) is 57.0 Å². The average Bonchev–Trinajstić information content (AvgIpc) is 2.32. The lowest BCUT2D eigenvalue weighted by atomic mass is 9.98. The first kappa shape index (κ1) is 13.1. The van der Waals surface area contributed by atoms with Gasteiger partial charge in [-0.15, -0.1) is 0 Å². The molecule has 1 saturated heterocycles. The molecule has 0 bridgehead atoms. The third kappa shape index (κ3) is 3.13. The lowest BCUT2D eigenvalue weighted by Crippen LogP contribution is -2.35. The summed E-state index contributed by atoms with van der Waals surface area (Å²) in [5, 5.41) is 3.35. The minimum Gasteiger partial charge on any atom is -0.397 e. The maximum Gasteiger partial charge on any atom is 0.128 e. The predicted octanol–water partition coefficient (Wildman–Crippen LogP) is 2.47. The molecule has 3 N–H and O–H groups in total. The highest BCUT2D eigenvalue weighted by Gasteiger charge is 2.17. The van der Waals surface area contributed by atoms with Crippen LogP contribution < -0.4 is 11.1 Å². The van der Waals surface area contributed by atoms with Gasteiger partial charge in [0.25, 0.3) is 0 Å². The molecule has 1 aromatic carbocycles. The van der Waals surface area contributed by atoms with Crippen molar-refractivity contribution in [2.75, 3.05) is 37.7 Å². The molecule has 1 aliphatic rings. The van der Waals surface area contributed by atoms with Crippen LogP contribution in [0.15, 0.2) is 12.1 Å². The van der Waals surface area contributed by atoms with Crippen LogP contribution in [0.4, 0.5) is 15.8 Å². The van der Waals surface area contributed by atoms with Crippen LogP contribution in [0, 0.1) is 18.7 Å². The molecule has 0 spiro atoms. The number of nitrogens with zero attached hydrogens (tertiary/aromatic N) is 1. The van der Waals surface area contributed by atoms with Crippen LogP contribution in [-0.2, 0) is 0 Å². The van der Waals surface area contributed by atoms with Crippen molar-refractivity contribution in [2.24, 2.45) is 5.92 Å². The zero-order valence-corrected chi connectivity index (χ0v) is 11.2. The van der Waals surface area contributed by atoms with E-state index >= 15 is 0 Å². The maximum atomic E-state index is 13.3. The fourth-order valence-electron chi connectivity index (χ4n) is 2.54. The van der Waals surface area contributed by atoms with E-state index in [9.17, 15) is 4.39 Å². The summed E-state index contributed by atoms with van der Waals surface area (Å²) in [6.07, 6.45) is 2.50. The van der Waals surface area contributed by atoms with Crippen molar-refractivity contribution in [3.8, 4) is 0 Å². The fourth-order valence-corrected chi connectivity index (χ4v) is 2.54. The number of anilines is 2. The Kier molecular flexibility index (Phi) is 4.07. The first-order valence-corrected chi connectivity index (χ1v) is 6.54. The van der Waals surface area contributed by atoms with Crippen molar-refractivity contribution < 1.29 is 4.39 Å². The van der Waals surface area contributed by atoms with E-state index < -0.39 is 0 Å². The minimum absolute atomic E-state index is 0.240. The molecule has 100 valence electrons. The molecular weight excluding hydrogens is 229 g/mol. The lowest BCUT2D eigenvalue weighted by Gasteiger charge is -2.30. The molecule has 1 atom stereocenters. The smallest absolute Gasteiger partial charge is 0.128 e. The summed E-state index contributed by atoms with van der Waals surface area (Å²) in [6, 6.07) is 3.18. The Morgan fingerprint density at radius 1 is 1.50 bits per heavy atom. The second kappa shape index (κ2) is 5.57. The van der Waals surface area contributed by atoms with Crippen molar-refractivity contribution >= 4 is 11.4 Å². The number of nitrogens with one attached hydrogen (secondary N) is 1. The SMILES string of the molecule is Cc1cc(NCC2CCCN(C)C2)c(N)cc1F. The Bertz CT molecular complexity index is 420. The van der Waals surface area contributed by atoms with Crippen molar-refractivity contribution in [3.63, 3.8) is 0 Å². The van der Waals surface area contributed by atoms with E-state index in [-0.39, 0.29) is 5.82 Å². The number of hydrogen-bond acceptors (Lipinski definition) is 3. The molecule has 4 heteroatoms. The molecule has 1 fully saturated rings. The summed E-state index contributed by atoms with van der Waals surface area (Å²) in [5.74, 6) is 0.406. The fraction of sp³-hybridized carbons (Fsp3) is 0.571. The normalized spacial score (nSPS) is 20.9. The van der Waals surface area contributed by atoms with E-state index in [1.165, 1.54) is 25.5 Å². The molecular formula is C14H22FN3. The van der Waals surface area contributed by atoms with Crippen LogP contribution in [0.5, 0.6) is 0 Å². The van der Waals surface area contributed by atoms with Crippen molar-refractivity contribution in [1.29, 1.82) is 0 Å². The zero-order chi connectivity index (χ0) is 13.1. The van der Waals surface area contributed by atoms with Gasteiger partial charge < -0.3 is 16.0 Å². The molecule has 2 rings (SSSR count). The number of benzene rings is 1. The van der Waals surface area contributed by atoms with E-state index in [4.69, 9.17) is 5.73 Å². The van der Waals surface area contributed by atoms with Gasteiger partial charge >= 0.3 is 0 Å². The summed E-state index contributed by atoms with van der Waals surface area (Å²) in [7, 11) is 2.16. The van der Waals surface area contributed by atoms with Crippen molar-refractivity contribution in [1.82, 2.24) is 4.90 Å². The van der Waals surface area contributed by atoms with E-state index in [0.717, 1.165) is 18.8 Å². The van der Waals surface area contributed by atoms with E-state index in [0.29, 0.717) is 17.2 Å². The maximum absolute atomic E-state index is 13.3. The molecule has 1 heterocycles. The summed E-state index contributed by atoms with van der Waals surface area (Å²) in [4.78, 5) is 2.36. The third-order valence-electron chi connectivity index (χ3n) is 3.63. The molecule has 1 unspecified atom stereocenters. The summed E-state index contributed by atoms with van der Waals surface area (Å²) in [6.45, 7) is 4.97. The highest BCUT2D eigenvalue weighted by atomic mass is 19.1. The van der Waals surface area contributed by atoms with Gasteiger partial charge in [0.1, 0.15) is 5.82 Å². The van der Waals surface area contributed by atoms with Crippen LogP contribution in [0.1, 0.15) is 18.4 Å². The van der Waals surface area contributed by atoms with Crippen LogP contribution >= 0.6 is 0 Å². The quantitative estimate of drug-likeness (QED) is 0.811. The van der Waals surface area contributed by atoms with Gasteiger partial charge in [0, 0.05) is 13.1 Å². The highest BCUT2D eigenvalue weighted by molar-refractivity contribution is 5.67. The lowest BCUT2D eigenvalue weighted by molar-refractivity contribution is 0.217. The van der Waals surface area contributed by atoms with Crippen LogP contribution in [0.25, 0.3) is 0 Å². The Morgan fingerprint density at radius 3 is 3.00 bits per heavy atom. The van der Waals surface area contributed by atoms with Crippen LogP contribution in [0.3, 0.4) is 0 Å². The first-order chi connectivity index (χ1) is 8.56. The Labute approximate surface area is 108 Å². The number of hydrogen-bond donors (Lipinski definition) is 2. The molecule has 0 saturated carbocycles. The highest BCUT2D eigenvalue weighted by Crippen LogP contribution is 2.24. The summed E-state index contributed by atoms with van der Waals surface area (Å²) < 4.78 is 13.3. The number of likely N-dealkylation sites (tertiary alicyclic amines) is 1. The molecule has 0 amide bonds. The molecule has 0 radical (unpaired) electrons. The number of nitrogen functional groups attached to an aromatic ring is 1. The van der Waals surface area contributed by atoms with E-state index in [1.54, 1.807) is 13.0 Å². The number of rotatable bonds is 3. The number of piperidine rings is 1. The molecule has 1 aliphatic heterocycles. The van der Waals surface area contributed by atoms with Gasteiger partial charge in [0.05, 0.1) is 11.4 Å². The van der Waals surface area contributed by atoms with Gasteiger partial charge in [0.2, 0.25) is 0 Å². The van der Waals surface area contributed by atoms with Crippen molar-refractivity contribution in [2.45, 2.75) is 19.8 Å². The van der Waals surface area contributed by atoms with E-state index in [1.807, 2.05) is 0 Å². The second-order valence-corrected chi connectivity index (χ2v) is 5.34. The predicted molar refractivity (Wildman–Crippen MR) is 74.3 cm³/mol. The molecule has 0 aliphatic carbocycles. The largest absolute Gasteiger partial charge is 0.397 e. The summed E-state index contributed by atoms with van der Waals surface area (Å²) >= 11 is 0.